The van der Waals surface area contributed by atoms with Crippen LogP contribution in [0.2, 0.25) is 5.02 Å². The molecule has 0 aliphatic carbocycles. The quantitative estimate of drug-likeness (QED) is 0.644. The number of fused-ring (bicyclic) bond motifs is 1. The van der Waals surface area contributed by atoms with Crippen LogP contribution in [0.4, 0.5) is 11.4 Å². The lowest BCUT2D eigenvalue weighted by atomic mass is 10.0. The normalized spacial score (nSPS) is 15.3. The molecular formula is C16H21ClN4O. The van der Waals surface area contributed by atoms with E-state index in [-0.39, 0.29) is 11.4 Å². The van der Waals surface area contributed by atoms with Gasteiger partial charge in [-0.25, -0.2) is 0 Å². The number of nitrogens with one attached hydrogen (secondary N) is 4. The number of benzene rings is 1. The van der Waals surface area contributed by atoms with Crippen molar-refractivity contribution in [2.24, 2.45) is 0 Å². The third-order valence-corrected chi connectivity index (χ3v) is 3.51. The molecule has 118 valence electrons. The van der Waals surface area contributed by atoms with Crippen LogP contribution in [0.3, 0.4) is 0 Å². The van der Waals surface area contributed by atoms with E-state index in [4.69, 9.17) is 17.0 Å². The Morgan fingerprint density at radius 2 is 2.09 bits per heavy atom. The number of allylic oxidation sites excluding steroid dienone is 1. The molecule has 0 unspecified atom stereocenters. The molecule has 22 heavy (non-hydrogen) atoms. The summed E-state index contributed by atoms with van der Waals surface area (Å²) in [5.74, 6) is -0.0708. The average Bonchev–Trinajstić information content (AvgIpc) is 2.62. The third-order valence-electron chi connectivity index (χ3n) is 3.20. The Bertz CT molecular complexity index is 632. The predicted molar refractivity (Wildman–Crippen MR) is 92.8 cm³/mol. The van der Waals surface area contributed by atoms with Gasteiger partial charge in [0, 0.05) is 42.1 Å². The fraction of sp³-hybridized carbons (Fsp3) is 0.375. The largest absolute Gasteiger partial charge is 0.386 e. The first-order chi connectivity index (χ1) is 10.3. The summed E-state index contributed by atoms with van der Waals surface area (Å²) < 4.78 is 0. The maximum absolute atomic E-state index is 11.7. The number of anilines is 2. The van der Waals surface area contributed by atoms with Crippen molar-refractivity contribution < 1.29 is 4.79 Å². The smallest absolute Gasteiger partial charge is 0.226 e. The Morgan fingerprint density at radius 3 is 2.73 bits per heavy atom. The highest BCUT2D eigenvalue weighted by Gasteiger charge is 2.20. The monoisotopic (exact) mass is 320 g/mol. The Kier molecular flexibility index (Phi) is 4.76. The fourth-order valence-electron chi connectivity index (χ4n) is 2.12. The summed E-state index contributed by atoms with van der Waals surface area (Å²) in [5, 5.41) is 17.5. The van der Waals surface area contributed by atoms with Crippen molar-refractivity contribution in [1.82, 2.24) is 5.32 Å². The Balaban J connectivity index is 2.49. The summed E-state index contributed by atoms with van der Waals surface area (Å²) in [6.45, 7) is 6.67. The van der Waals surface area contributed by atoms with Gasteiger partial charge in [0.25, 0.3) is 0 Å². The van der Waals surface area contributed by atoms with E-state index < -0.39 is 0 Å². The molecule has 5 nitrogen and oxygen atoms in total. The zero-order chi connectivity index (χ0) is 16.3. The van der Waals surface area contributed by atoms with E-state index in [2.05, 4.69) is 16.0 Å². The molecule has 1 aromatic carbocycles. The number of hydrogen-bond acceptors (Lipinski definition) is 4. The van der Waals surface area contributed by atoms with E-state index in [1.165, 1.54) is 6.21 Å². The van der Waals surface area contributed by atoms with Gasteiger partial charge in [-0.2, -0.15) is 0 Å². The lowest BCUT2D eigenvalue weighted by molar-refractivity contribution is -0.115. The zero-order valence-corrected chi connectivity index (χ0v) is 13.8. The molecule has 6 heteroatoms. The molecular weight excluding hydrogens is 300 g/mol. The summed E-state index contributed by atoms with van der Waals surface area (Å²) in [6.07, 6.45) is 3.48. The number of hydrogen-bond donors (Lipinski definition) is 4. The van der Waals surface area contributed by atoms with E-state index >= 15 is 0 Å². The van der Waals surface area contributed by atoms with Crippen LogP contribution >= 0.6 is 11.6 Å². The summed E-state index contributed by atoms with van der Waals surface area (Å²) in [7, 11) is 0. The summed E-state index contributed by atoms with van der Waals surface area (Å²) in [5.41, 5.74) is 2.77. The van der Waals surface area contributed by atoms with Crippen molar-refractivity contribution >= 4 is 40.7 Å². The van der Waals surface area contributed by atoms with Crippen molar-refractivity contribution in [3.8, 4) is 0 Å². The van der Waals surface area contributed by atoms with Crippen molar-refractivity contribution in [3.63, 3.8) is 0 Å². The van der Waals surface area contributed by atoms with Gasteiger partial charge in [0.05, 0.1) is 16.4 Å². The highest BCUT2D eigenvalue weighted by Crippen LogP contribution is 2.37. The first-order valence-corrected chi connectivity index (χ1v) is 7.54. The minimum absolute atomic E-state index is 0.0708. The second-order valence-corrected chi connectivity index (χ2v) is 6.62. The van der Waals surface area contributed by atoms with Gasteiger partial charge in [-0.05, 0) is 26.8 Å². The molecule has 0 atom stereocenters. The molecule has 0 saturated carbocycles. The van der Waals surface area contributed by atoms with Gasteiger partial charge >= 0.3 is 0 Å². The van der Waals surface area contributed by atoms with Crippen LogP contribution in [0.5, 0.6) is 0 Å². The van der Waals surface area contributed by atoms with Gasteiger partial charge in [-0.3, -0.25) is 4.79 Å². The molecule has 1 aromatic rings. The highest BCUT2D eigenvalue weighted by atomic mass is 35.5. The first kappa shape index (κ1) is 16.4. The van der Waals surface area contributed by atoms with Crippen LogP contribution < -0.4 is 16.0 Å². The van der Waals surface area contributed by atoms with E-state index in [9.17, 15) is 4.79 Å². The van der Waals surface area contributed by atoms with Crippen LogP contribution in [0, 0.1) is 5.41 Å². The van der Waals surface area contributed by atoms with Crippen LogP contribution in [0.15, 0.2) is 18.3 Å². The fourth-order valence-corrected chi connectivity index (χ4v) is 2.32. The van der Waals surface area contributed by atoms with Gasteiger partial charge in [-0.1, -0.05) is 17.7 Å². The molecule has 1 amide bonds. The molecule has 0 saturated heterocycles. The van der Waals surface area contributed by atoms with Crippen molar-refractivity contribution in [3.05, 3.63) is 28.9 Å². The van der Waals surface area contributed by atoms with Crippen LogP contribution in [0.1, 0.15) is 32.8 Å². The number of carbonyl (C=O) groups excluding carboxylic acids is 1. The zero-order valence-electron chi connectivity index (χ0n) is 13.0. The van der Waals surface area contributed by atoms with Crippen LogP contribution in [-0.4, -0.2) is 24.2 Å². The summed E-state index contributed by atoms with van der Waals surface area (Å²) in [4.78, 5) is 11.7. The van der Waals surface area contributed by atoms with Gasteiger partial charge in [-0.15, -0.1) is 0 Å². The van der Waals surface area contributed by atoms with E-state index in [0.717, 1.165) is 11.3 Å². The third kappa shape index (κ3) is 3.80. The number of amides is 1. The van der Waals surface area contributed by atoms with Gasteiger partial charge in [0.2, 0.25) is 5.91 Å². The second-order valence-electron chi connectivity index (χ2n) is 6.21. The molecule has 0 bridgehead atoms. The number of carbonyl (C=O) groups is 1. The van der Waals surface area contributed by atoms with Crippen molar-refractivity contribution in [2.45, 2.75) is 32.7 Å². The van der Waals surface area contributed by atoms with E-state index in [0.29, 0.717) is 29.2 Å². The molecule has 4 N–H and O–H groups in total. The number of halogens is 1. The summed E-state index contributed by atoms with van der Waals surface area (Å²) in [6, 6.07) is 3.59. The topological polar surface area (TPSA) is 77.0 Å². The second kappa shape index (κ2) is 6.40. The molecule has 0 fully saturated rings. The maximum atomic E-state index is 11.7. The minimum atomic E-state index is -0.0979. The Labute approximate surface area is 135 Å². The van der Waals surface area contributed by atoms with Gasteiger partial charge < -0.3 is 21.4 Å². The van der Waals surface area contributed by atoms with Gasteiger partial charge in [0.1, 0.15) is 0 Å². The number of rotatable bonds is 3. The minimum Gasteiger partial charge on any atom is -0.386 e. The molecule has 0 spiro atoms. The molecule has 0 radical (unpaired) electrons. The average molecular weight is 321 g/mol. The van der Waals surface area contributed by atoms with E-state index in [1.807, 2.05) is 33.0 Å². The molecule has 2 rings (SSSR count). The van der Waals surface area contributed by atoms with Crippen LogP contribution in [0.25, 0.3) is 5.57 Å². The molecule has 1 aliphatic rings. The van der Waals surface area contributed by atoms with Crippen LogP contribution in [-0.2, 0) is 4.79 Å². The van der Waals surface area contributed by atoms with Gasteiger partial charge in [0.15, 0.2) is 0 Å². The molecule has 0 aromatic heterocycles. The first-order valence-electron chi connectivity index (χ1n) is 7.17. The standard InChI is InChI=1S/C16H21ClN4O/c1-16(2,3)20-9-10(8-18)11-4-5-12(17)15-14(11)19-7-6-13(22)21-15/h4-5,8-9,18-20H,6-7H2,1-3H3,(H,21,22)/b10-9+,18-8?. The lowest BCUT2D eigenvalue weighted by Crippen LogP contribution is -2.31. The Hall–Kier alpha value is -2.01. The molecule has 1 heterocycles. The Morgan fingerprint density at radius 1 is 1.36 bits per heavy atom. The SMILES string of the molecule is CC(C)(C)N/C=C(\C=N)c1ccc(Cl)c2c1NCCC(=O)N2. The van der Waals surface area contributed by atoms with E-state index in [1.54, 1.807) is 6.07 Å². The summed E-state index contributed by atoms with van der Waals surface area (Å²) >= 11 is 6.20. The highest BCUT2D eigenvalue weighted by molar-refractivity contribution is 6.35. The maximum Gasteiger partial charge on any atom is 0.226 e. The van der Waals surface area contributed by atoms with Crippen molar-refractivity contribution in [2.75, 3.05) is 17.2 Å². The molecule has 1 aliphatic heterocycles. The predicted octanol–water partition coefficient (Wildman–Crippen LogP) is 3.47. The lowest BCUT2D eigenvalue weighted by Gasteiger charge is -2.21. The van der Waals surface area contributed by atoms with Crippen molar-refractivity contribution in [1.29, 1.82) is 5.41 Å².